The van der Waals surface area contributed by atoms with E-state index in [1.807, 2.05) is 6.07 Å². The predicted octanol–water partition coefficient (Wildman–Crippen LogP) is 2.54. The molecule has 2 aromatic rings. The highest BCUT2D eigenvalue weighted by atomic mass is 19.4. The molecule has 0 aromatic carbocycles. The van der Waals surface area contributed by atoms with E-state index in [1.165, 1.54) is 22.7 Å². The summed E-state index contributed by atoms with van der Waals surface area (Å²) >= 11 is 0. The minimum atomic E-state index is -4.96. The van der Waals surface area contributed by atoms with Gasteiger partial charge in [-0.2, -0.15) is 18.4 Å². The molecule has 2 heterocycles. The van der Waals surface area contributed by atoms with Crippen molar-refractivity contribution in [2.24, 2.45) is 0 Å². The monoisotopic (exact) mass is 267 g/mol. The summed E-state index contributed by atoms with van der Waals surface area (Å²) in [7, 11) is 0. The molecule has 4 nitrogen and oxygen atoms in total. The Labute approximate surface area is 106 Å². The van der Waals surface area contributed by atoms with Crippen LogP contribution in [0.25, 0.3) is 5.52 Å². The van der Waals surface area contributed by atoms with Crippen molar-refractivity contribution >= 4 is 11.3 Å². The number of hydrogen-bond donors (Lipinski definition) is 0. The molecule has 0 atom stereocenters. The Hall–Kier alpha value is -2.36. The topological polar surface area (TPSA) is 58.2 Å². The Kier molecular flexibility index (Phi) is 3.25. The van der Waals surface area contributed by atoms with E-state index in [1.54, 1.807) is 6.07 Å². The first-order valence-electron chi connectivity index (χ1n) is 5.39. The highest BCUT2D eigenvalue weighted by Gasteiger charge is 2.42. The van der Waals surface area contributed by atoms with Gasteiger partial charge in [-0.25, -0.2) is 4.98 Å². The third kappa shape index (κ3) is 2.42. The van der Waals surface area contributed by atoms with Crippen LogP contribution in [-0.4, -0.2) is 21.3 Å². The third-order valence-electron chi connectivity index (χ3n) is 2.55. The number of alkyl halides is 3. The van der Waals surface area contributed by atoms with Crippen molar-refractivity contribution in [1.82, 2.24) is 9.38 Å². The van der Waals surface area contributed by atoms with Crippen molar-refractivity contribution in [1.29, 1.82) is 5.26 Å². The molecule has 98 valence electrons. The van der Waals surface area contributed by atoms with Gasteiger partial charge in [-0.05, 0) is 12.1 Å². The van der Waals surface area contributed by atoms with E-state index >= 15 is 0 Å². The second kappa shape index (κ2) is 4.72. The first-order valence-corrected chi connectivity index (χ1v) is 5.39. The lowest BCUT2D eigenvalue weighted by atomic mass is 10.2. The number of aryl methyl sites for hydroxylation is 1. The number of hydrogen-bond acceptors (Lipinski definition) is 3. The summed E-state index contributed by atoms with van der Waals surface area (Å²) in [6.07, 6.45) is -3.14. The predicted molar refractivity (Wildman–Crippen MR) is 59.5 cm³/mol. The fourth-order valence-electron chi connectivity index (χ4n) is 1.75. The van der Waals surface area contributed by atoms with E-state index in [-0.39, 0.29) is 24.2 Å². The molecular weight excluding hydrogens is 259 g/mol. The number of carbonyl (C=O) groups excluding carboxylic acids is 1. The molecule has 7 heteroatoms. The molecule has 0 spiro atoms. The van der Waals surface area contributed by atoms with Gasteiger partial charge in [0, 0.05) is 19.0 Å². The number of imidazole rings is 1. The SMILES string of the molecule is N#CCCc1nc(C(=O)C(F)(F)F)c2ccccn12. The molecule has 0 N–H and O–H groups in total. The van der Waals surface area contributed by atoms with Crippen LogP contribution in [0.5, 0.6) is 0 Å². The van der Waals surface area contributed by atoms with Gasteiger partial charge in [0.1, 0.15) is 11.5 Å². The van der Waals surface area contributed by atoms with E-state index in [4.69, 9.17) is 5.26 Å². The van der Waals surface area contributed by atoms with Gasteiger partial charge in [-0.15, -0.1) is 0 Å². The lowest BCUT2D eigenvalue weighted by Gasteiger charge is -2.02. The van der Waals surface area contributed by atoms with E-state index < -0.39 is 17.7 Å². The largest absolute Gasteiger partial charge is 0.456 e. The number of rotatable bonds is 3. The molecule has 0 aliphatic carbocycles. The number of pyridine rings is 1. The molecule has 2 aromatic heterocycles. The van der Waals surface area contributed by atoms with Crippen molar-refractivity contribution in [3.63, 3.8) is 0 Å². The molecule has 0 bridgehead atoms. The van der Waals surface area contributed by atoms with Crippen LogP contribution in [0, 0.1) is 11.3 Å². The summed E-state index contributed by atoms with van der Waals surface area (Å²) in [5, 5.41) is 8.51. The minimum absolute atomic E-state index is 0.0952. The molecule has 0 aliphatic heterocycles. The highest BCUT2D eigenvalue weighted by molar-refractivity contribution is 6.04. The van der Waals surface area contributed by atoms with Gasteiger partial charge < -0.3 is 4.40 Å². The summed E-state index contributed by atoms with van der Waals surface area (Å²) in [6.45, 7) is 0. The van der Waals surface area contributed by atoms with Crippen LogP contribution in [0.4, 0.5) is 13.2 Å². The van der Waals surface area contributed by atoms with Gasteiger partial charge in [0.15, 0.2) is 0 Å². The molecular formula is C12H8F3N3O. The minimum Gasteiger partial charge on any atom is -0.303 e. The Balaban J connectivity index is 2.57. The normalized spacial score (nSPS) is 11.5. The molecule has 0 fully saturated rings. The van der Waals surface area contributed by atoms with Crippen LogP contribution >= 0.6 is 0 Å². The summed E-state index contributed by atoms with van der Waals surface area (Å²) in [4.78, 5) is 15.0. The number of halogens is 3. The van der Waals surface area contributed by atoms with Gasteiger partial charge in [0.05, 0.1) is 11.6 Å². The summed E-state index contributed by atoms with van der Waals surface area (Å²) in [5.74, 6) is -1.70. The average molecular weight is 267 g/mol. The number of nitrogens with zero attached hydrogens (tertiary/aromatic N) is 3. The van der Waals surface area contributed by atoms with E-state index in [0.29, 0.717) is 0 Å². The fourth-order valence-corrected chi connectivity index (χ4v) is 1.75. The lowest BCUT2D eigenvalue weighted by molar-refractivity contribution is -0.0887. The average Bonchev–Trinajstić information content (AvgIpc) is 2.73. The lowest BCUT2D eigenvalue weighted by Crippen LogP contribution is -2.23. The zero-order valence-electron chi connectivity index (χ0n) is 9.61. The van der Waals surface area contributed by atoms with Crippen molar-refractivity contribution < 1.29 is 18.0 Å². The third-order valence-corrected chi connectivity index (χ3v) is 2.55. The Bertz CT molecular complexity index is 667. The standard InChI is InChI=1S/C12H8F3N3O/c13-12(14,15)11(19)10-8-4-1-2-7-18(8)9(17-10)5-3-6-16/h1-2,4,7H,3,5H2. The smallest absolute Gasteiger partial charge is 0.303 e. The highest BCUT2D eigenvalue weighted by Crippen LogP contribution is 2.24. The quantitative estimate of drug-likeness (QED) is 0.803. The van der Waals surface area contributed by atoms with Crippen LogP contribution in [0.1, 0.15) is 22.7 Å². The Morgan fingerprint density at radius 3 is 2.79 bits per heavy atom. The van der Waals surface area contributed by atoms with Crippen LogP contribution in [-0.2, 0) is 6.42 Å². The molecule has 0 unspecified atom stereocenters. The van der Waals surface area contributed by atoms with Crippen LogP contribution < -0.4 is 0 Å². The number of aromatic nitrogens is 2. The number of nitriles is 1. The van der Waals surface area contributed by atoms with Crippen molar-refractivity contribution in [3.05, 3.63) is 35.9 Å². The molecule has 0 saturated carbocycles. The first-order chi connectivity index (χ1) is 8.95. The Morgan fingerprint density at radius 2 is 2.16 bits per heavy atom. The summed E-state index contributed by atoms with van der Waals surface area (Å²) in [5.41, 5.74) is -0.529. The van der Waals surface area contributed by atoms with Gasteiger partial charge >= 0.3 is 6.18 Å². The number of Topliss-reactive ketones (excluding diaryl/α,β-unsaturated/α-hetero) is 1. The van der Waals surface area contributed by atoms with Gasteiger partial charge in [0.2, 0.25) is 0 Å². The van der Waals surface area contributed by atoms with Crippen LogP contribution in [0.15, 0.2) is 24.4 Å². The maximum atomic E-state index is 12.5. The number of carbonyl (C=O) groups is 1. The molecule has 2 rings (SSSR count). The molecule has 19 heavy (non-hydrogen) atoms. The van der Waals surface area contributed by atoms with E-state index in [9.17, 15) is 18.0 Å². The molecule has 0 saturated heterocycles. The van der Waals surface area contributed by atoms with E-state index in [2.05, 4.69) is 4.98 Å². The molecule has 0 aliphatic rings. The van der Waals surface area contributed by atoms with Gasteiger partial charge in [-0.1, -0.05) is 6.07 Å². The second-order valence-electron chi connectivity index (χ2n) is 3.82. The van der Waals surface area contributed by atoms with E-state index in [0.717, 1.165) is 0 Å². The first kappa shape index (κ1) is 13.1. The maximum Gasteiger partial charge on any atom is 0.456 e. The van der Waals surface area contributed by atoms with Crippen molar-refractivity contribution in [3.8, 4) is 6.07 Å². The molecule has 0 radical (unpaired) electrons. The van der Waals surface area contributed by atoms with Gasteiger partial charge in [-0.3, -0.25) is 4.79 Å². The van der Waals surface area contributed by atoms with Crippen molar-refractivity contribution in [2.45, 2.75) is 19.0 Å². The van der Waals surface area contributed by atoms with Crippen LogP contribution in [0.3, 0.4) is 0 Å². The Morgan fingerprint density at radius 1 is 1.42 bits per heavy atom. The zero-order chi connectivity index (χ0) is 14.0. The summed E-state index contributed by atoms with van der Waals surface area (Å²) < 4.78 is 38.8. The van der Waals surface area contributed by atoms with Crippen LogP contribution in [0.2, 0.25) is 0 Å². The second-order valence-corrected chi connectivity index (χ2v) is 3.82. The van der Waals surface area contributed by atoms with Gasteiger partial charge in [0.25, 0.3) is 5.78 Å². The zero-order valence-corrected chi connectivity index (χ0v) is 9.61. The number of fused-ring (bicyclic) bond motifs is 1. The van der Waals surface area contributed by atoms with Crippen molar-refractivity contribution in [2.75, 3.05) is 0 Å². The maximum absolute atomic E-state index is 12.5. The number of ketones is 1. The molecule has 0 amide bonds. The summed E-state index contributed by atoms with van der Waals surface area (Å²) in [6, 6.07) is 6.42. The fraction of sp³-hybridized carbons (Fsp3) is 0.250.